The normalized spacial score (nSPS) is 11.0. The number of ether oxygens (including phenoxy) is 3. The molecule has 1 heterocycles. The van der Waals surface area contributed by atoms with Crippen LogP contribution in [0.25, 0.3) is 0 Å². The lowest BCUT2D eigenvalue weighted by Gasteiger charge is -2.20. The highest BCUT2D eigenvalue weighted by molar-refractivity contribution is 6.32. The van der Waals surface area contributed by atoms with E-state index in [1.807, 2.05) is 0 Å². The number of methoxy groups -OCH3 is 1. The van der Waals surface area contributed by atoms with E-state index >= 15 is 0 Å². The molecule has 8 nitrogen and oxygen atoms in total. The smallest absolute Gasteiger partial charge is 0.412 e. The topological polar surface area (TPSA) is 99.6 Å². The molecule has 0 radical (unpaired) electrons. The van der Waals surface area contributed by atoms with E-state index in [4.69, 9.17) is 21.1 Å². The van der Waals surface area contributed by atoms with Gasteiger partial charge >= 0.3 is 12.1 Å². The zero-order valence-electron chi connectivity index (χ0n) is 15.3. The Morgan fingerprint density at radius 1 is 1.14 bits per heavy atom. The fourth-order valence-corrected chi connectivity index (χ4v) is 2.14. The Labute approximate surface area is 163 Å². The second kappa shape index (κ2) is 8.34. The van der Waals surface area contributed by atoms with Crippen LogP contribution in [0.15, 0.2) is 18.2 Å². The van der Waals surface area contributed by atoms with Crippen molar-refractivity contribution in [3.8, 4) is 11.6 Å². The Morgan fingerprint density at radius 2 is 1.82 bits per heavy atom. The highest BCUT2D eigenvalue weighted by Crippen LogP contribution is 2.33. The quantitative estimate of drug-likeness (QED) is 0.741. The number of esters is 1. The van der Waals surface area contributed by atoms with Gasteiger partial charge in [0, 0.05) is 12.1 Å². The number of hydrogen-bond donors (Lipinski definition) is 1. The minimum absolute atomic E-state index is 0.162. The molecule has 11 heteroatoms. The van der Waals surface area contributed by atoms with Gasteiger partial charge in [-0.15, -0.1) is 10.2 Å². The number of halogens is 3. The van der Waals surface area contributed by atoms with Crippen molar-refractivity contribution in [3.05, 3.63) is 40.6 Å². The van der Waals surface area contributed by atoms with Crippen LogP contribution in [-0.4, -0.2) is 35.0 Å². The number of nitrogens with one attached hydrogen (secondary N) is 1. The van der Waals surface area contributed by atoms with Gasteiger partial charge < -0.3 is 14.2 Å². The zero-order valence-corrected chi connectivity index (χ0v) is 16.1. The first-order valence-corrected chi connectivity index (χ1v) is 8.16. The Hall–Kier alpha value is -3.01. The summed E-state index contributed by atoms with van der Waals surface area (Å²) in [6.07, 6.45) is -0.886. The average molecular weight is 416 g/mol. The number of aromatic nitrogens is 2. The summed E-state index contributed by atoms with van der Waals surface area (Å²) in [5.41, 5.74) is -1.31. The number of hydrogen-bond acceptors (Lipinski definition) is 7. The van der Waals surface area contributed by atoms with E-state index in [9.17, 15) is 18.4 Å². The molecular formula is C17H16ClF2N3O5. The maximum atomic E-state index is 13.9. The molecule has 150 valence electrons. The van der Waals surface area contributed by atoms with Crippen LogP contribution in [0.2, 0.25) is 5.02 Å². The van der Waals surface area contributed by atoms with E-state index in [0.29, 0.717) is 6.07 Å². The lowest BCUT2D eigenvalue weighted by molar-refractivity contribution is 0.0593. The highest BCUT2D eigenvalue weighted by Gasteiger charge is 2.23. The van der Waals surface area contributed by atoms with Crippen LogP contribution in [0.1, 0.15) is 31.3 Å². The molecule has 0 aliphatic rings. The third kappa shape index (κ3) is 5.49. The number of carbonyl (C=O) groups is 2. The molecule has 0 atom stereocenters. The van der Waals surface area contributed by atoms with Crippen molar-refractivity contribution in [3.63, 3.8) is 0 Å². The Balaban J connectivity index is 2.38. The Bertz CT molecular complexity index is 895. The van der Waals surface area contributed by atoms with Gasteiger partial charge in [0.1, 0.15) is 11.4 Å². The van der Waals surface area contributed by atoms with Gasteiger partial charge in [-0.3, -0.25) is 5.32 Å². The summed E-state index contributed by atoms with van der Waals surface area (Å²) in [7, 11) is 1.11. The van der Waals surface area contributed by atoms with E-state index in [0.717, 1.165) is 19.2 Å². The van der Waals surface area contributed by atoms with Crippen molar-refractivity contribution in [1.82, 2.24) is 10.2 Å². The van der Waals surface area contributed by atoms with E-state index in [1.165, 1.54) is 0 Å². The number of carbonyl (C=O) groups excluding carboxylic acids is 2. The van der Waals surface area contributed by atoms with Gasteiger partial charge in [0.25, 0.3) is 0 Å². The van der Waals surface area contributed by atoms with E-state index < -0.39 is 35.0 Å². The molecule has 1 amide bonds. The number of rotatable bonds is 4. The third-order valence-electron chi connectivity index (χ3n) is 2.96. The summed E-state index contributed by atoms with van der Waals surface area (Å²) in [5, 5.41) is 9.19. The van der Waals surface area contributed by atoms with Crippen LogP contribution in [-0.2, 0) is 9.47 Å². The summed E-state index contributed by atoms with van der Waals surface area (Å²) in [4.78, 5) is 23.8. The predicted octanol–water partition coefficient (Wildman–Crippen LogP) is 4.33. The minimum atomic E-state index is -1.08. The van der Waals surface area contributed by atoms with Crippen LogP contribution in [0.4, 0.5) is 19.3 Å². The maximum Gasteiger partial charge on any atom is 0.412 e. The van der Waals surface area contributed by atoms with Gasteiger partial charge in [-0.25, -0.2) is 18.4 Å². The minimum Gasteiger partial charge on any atom is -0.464 e. The molecule has 0 saturated carbocycles. The SMILES string of the molecule is COC(=O)c1nnc(Oc2c(F)cc(F)cc2Cl)cc1NC(=O)OC(C)(C)C. The molecule has 0 unspecified atom stereocenters. The van der Waals surface area contributed by atoms with Crippen LogP contribution in [0.5, 0.6) is 11.6 Å². The fourth-order valence-electron chi connectivity index (χ4n) is 1.91. The van der Waals surface area contributed by atoms with Crippen molar-refractivity contribution in [2.45, 2.75) is 26.4 Å². The first-order chi connectivity index (χ1) is 13.0. The standard InChI is InChI=1S/C17H16ClF2N3O5/c1-17(2,3)28-16(25)21-11-7-12(22-23-13(11)15(24)26-4)27-14-9(18)5-8(19)6-10(14)20/h5-7H,1-4H3,(H,21,22,25). The van der Waals surface area contributed by atoms with Gasteiger partial charge in [0.05, 0.1) is 17.8 Å². The average Bonchev–Trinajstić information content (AvgIpc) is 2.56. The molecule has 2 rings (SSSR count). The maximum absolute atomic E-state index is 13.9. The van der Waals surface area contributed by atoms with Gasteiger partial charge in [0.15, 0.2) is 17.3 Å². The Kier molecular flexibility index (Phi) is 6.34. The van der Waals surface area contributed by atoms with Crippen molar-refractivity contribution in [2.75, 3.05) is 12.4 Å². The van der Waals surface area contributed by atoms with Crippen LogP contribution >= 0.6 is 11.6 Å². The summed E-state index contributed by atoms with van der Waals surface area (Å²) < 4.78 is 41.9. The molecular weight excluding hydrogens is 400 g/mol. The highest BCUT2D eigenvalue weighted by atomic mass is 35.5. The van der Waals surface area contributed by atoms with E-state index in [2.05, 4.69) is 20.3 Å². The van der Waals surface area contributed by atoms with E-state index in [1.54, 1.807) is 20.8 Å². The van der Waals surface area contributed by atoms with Crippen molar-refractivity contribution < 1.29 is 32.6 Å². The Morgan fingerprint density at radius 3 is 2.39 bits per heavy atom. The third-order valence-corrected chi connectivity index (χ3v) is 3.24. The molecule has 0 spiro atoms. The number of benzene rings is 1. The van der Waals surface area contributed by atoms with Gasteiger partial charge in [0.2, 0.25) is 5.88 Å². The van der Waals surface area contributed by atoms with Crippen LogP contribution < -0.4 is 10.1 Å². The molecule has 2 aromatic rings. The second-order valence-corrected chi connectivity index (χ2v) is 6.77. The molecule has 0 saturated heterocycles. The first kappa shape index (κ1) is 21.3. The molecule has 28 heavy (non-hydrogen) atoms. The molecule has 1 N–H and O–H groups in total. The van der Waals surface area contributed by atoms with Crippen molar-refractivity contribution in [2.24, 2.45) is 0 Å². The molecule has 1 aromatic heterocycles. The van der Waals surface area contributed by atoms with Crippen molar-refractivity contribution in [1.29, 1.82) is 0 Å². The summed E-state index contributed by atoms with van der Waals surface area (Å²) in [6.45, 7) is 4.94. The zero-order chi connectivity index (χ0) is 21.1. The van der Waals surface area contributed by atoms with E-state index in [-0.39, 0.29) is 22.3 Å². The summed E-state index contributed by atoms with van der Waals surface area (Å²) in [5.74, 6) is -3.70. The van der Waals surface area contributed by atoms with Crippen LogP contribution in [0.3, 0.4) is 0 Å². The second-order valence-electron chi connectivity index (χ2n) is 6.36. The number of anilines is 1. The first-order valence-electron chi connectivity index (χ1n) is 7.78. The molecule has 0 bridgehead atoms. The molecule has 1 aromatic carbocycles. The van der Waals surface area contributed by atoms with Gasteiger partial charge in [-0.2, -0.15) is 0 Å². The molecule has 0 aliphatic carbocycles. The lowest BCUT2D eigenvalue weighted by Crippen LogP contribution is -2.28. The van der Waals surface area contributed by atoms with Crippen LogP contribution in [0, 0.1) is 11.6 Å². The van der Waals surface area contributed by atoms with Gasteiger partial charge in [-0.1, -0.05) is 11.6 Å². The number of nitrogens with zero attached hydrogens (tertiary/aromatic N) is 2. The van der Waals surface area contributed by atoms with Gasteiger partial charge in [-0.05, 0) is 26.8 Å². The largest absolute Gasteiger partial charge is 0.464 e. The predicted molar refractivity (Wildman–Crippen MR) is 94.7 cm³/mol. The van der Waals surface area contributed by atoms with Crippen molar-refractivity contribution >= 4 is 29.4 Å². The number of amides is 1. The molecule has 0 fully saturated rings. The fraction of sp³-hybridized carbons (Fsp3) is 0.294. The lowest BCUT2D eigenvalue weighted by atomic mass is 10.2. The molecule has 0 aliphatic heterocycles. The summed E-state index contributed by atoms with van der Waals surface area (Å²) >= 11 is 5.77. The monoisotopic (exact) mass is 415 g/mol. The summed E-state index contributed by atoms with van der Waals surface area (Å²) in [6, 6.07) is 2.50.